The van der Waals surface area contributed by atoms with E-state index in [-0.39, 0.29) is 6.04 Å². The number of aromatic nitrogens is 2. The van der Waals surface area contributed by atoms with Gasteiger partial charge in [-0.3, -0.25) is 4.68 Å². The van der Waals surface area contributed by atoms with Crippen LogP contribution in [0.2, 0.25) is 0 Å². The van der Waals surface area contributed by atoms with Crippen molar-refractivity contribution in [2.75, 3.05) is 19.7 Å². The fourth-order valence-corrected chi connectivity index (χ4v) is 5.89. The summed E-state index contributed by atoms with van der Waals surface area (Å²) >= 11 is 0. The third kappa shape index (κ3) is 2.47. The third-order valence-corrected chi connectivity index (χ3v) is 7.58. The van der Waals surface area contributed by atoms with Gasteiger partial charge in [0, 0.05) is 38.2 Å². The predicted octanol–water partition coefficient (Wildman–Crippen LogP) is 1.45. The van der Waals surface area contributed by atoms with E-state index in [1.165, 1.54) is 11.3 Å². The van der Waals surface area contributed by atoms with Crippen molar-refractivity contribution in [2.24, 2.45) is 0 Å². The molecule has 7 nitrogen and oxygen atoms in total. The molecular weight excluding hydrogens is 352 g/mol. The molecule has 0 aliphatic carbocycles. The average molecular weight is 374 g/mol. The molecule has 3 aliphatic rings. The number of para-hydroxylation sites is 1. The Kier molecular flexibility index (Phi) is 3.80. The Bertz CT molecular complexity index is 945. The molecule has 1 saturated heterocycles. The summed E-state index contributed by atoms with van der Waals surface area (Å²) in [4.78, 5) is 0.315. The molecule has 1 N–H and O–H groups in total. The summed E-state index contributed by atoms with van der Waals surface area (Å²) in [5.41, 5.74) is 3.50. The molecule has 0 atom stereocenters. The van der Waals surface area contributed by atoms with E-state index >= 15 is 0 Å². The Morgan fingerprint density at radius 2 is 2.00 bits per heavy atom. The van der Waals surface area contributed by atoms with E-state index in [4.69, 9.17) is 4.74 Å². The fourth-order valence-electron chi connectivity index (χ4n) is 4.25. The Morgan fingerprint density at radius 1 is 1.15 bits per heavy atom. The molecule has 0 saturated carbocycles. The van der Waals surface area contributed by atoms with Gasteiger partial charge in [0.15, 0.2) is 0 Å². The van der Waals surface area contributed by atoms with Gasteiger partial charge in [0.05, 0.1) is 24.5 Å². The topological polar surface area (TPSA) is 76.5 Å². The molecule has 1 fully saturated rings. The molecule has 138 valence electrons. The first-order valence-electron chi connectivity index (χ1n) is 9.15. The maximum Gasteiger partial charge on any atom is 0.246 e. The number of benzene rings is 1. The van der Waals surface area contributed by atoms with Crippen LogP contribution in [-0.2, 0) is 29.5 Å². The van der Waals surface area contributed by atoms with E-state index in [9.17, 15) is 8.42 Å². The molecule has 2 aromatic rings. The van der Waals surface area contributed by atoms with Gasteiger partial charge in [0.25, 0.3) is 0 Å². The zero-order valence-electron chi connectivity index (χ0n) is 14.5. The zero-order chi connectivity index (χ0) is 17.7. The lowest BCUT2D eigenvalue weighted by Crippen LogP contribution is -2.39. The van der Waals surface area contributed by atoms with Crippen molar-refractivity contribution < 1.29 is 13.2 Å². The number of sulfonamides is 1. The SMILES string of the molecule is O=S(=O)(c1cccc2c1OCC2)N1CCC(n2ncc3c2CNC3)CC1. The van der Waals surface area contributed by atoms with Gasteiger partial charge < -0.3 is 10.1 Å². The fraction of sp³-hybridized carbons (Fsp3) is 0.500. The first kappa shape index (κ1) is 16.3. The van der Waals surface area contributed by atoms with Crippen LogP contribution in [0.1, 0.15) is 35.7 Å². The van der Waals surface area contributed by atoms with Gasteiger partial charge in [-0.05, 0) is 24.5 Å². The molecule has 26 heavy (non-hydrogen) atoms. The van der Waals surface area contributed by atoms with Gasteiger partial charge in [-0.25, -0.2) is 8.42 Å². The summed E-state index contributed by atoms with van der Waals surface area (Å²) in [6, 6.07) is 5.69. The third-order valence-electron chi connectivity index (χ3n) is 5.66. The van der Waals surface area contributed by atoms with E-state index in [1.54, 1.807) is 10.4 Å². The molecule has 0 bridgehead atoms. The Hall–Kier alpha value is -1.90. The van der Waals surface area contributed by atoms with Crippen molar-refractivity contribution in [1.82, 2.24) is 19.4 Å². The molecule has 0 radical (unpaired) electrons. The minimum Gasteiger partial charge on any atom is -0.492 e. The number of hydrogen-bond acceptors (Lipinski definition) is 5. The highest BCUT2D eigenvalue weighted by molar-refractivity contribution is 7.89. The number of nitrogens with one attached hydrogen (secondary N) is 1. The van der Waals surface area contributed by atoms with Crippen molar-refractivity contribution in [3.8, 4) is 5.75 Å². The van der Waals surface area contributed by atoms with E-state index in [0.29, 0.717) is 30.3 Å². The highest BCUT2D eigenvalue weighted by Crippen LogP contribution is 2.36. The molecule has 8 heteroatoms. The second-order valence-corrected chi connectivity index (χ2v) is 9.05. The average Bonchev–Trinajstić information content (AvgIpc) is 3.37. The van der Waals surface area contributed by atoms with Crippen LogP contribution in [-0.4, -0.2) is 42.2 Å². The largest absolute Gasteiger partial charge is 0.492 e. The maximum absolute atomic E-state index is 13.1. The lowest BCUT2D eigenvalue weighted by molar-refractivity contribution is 0.256. The van der Waals surface area contributed by atoms with Gasteiger partial charge in [-0.2, -0.15) is 9.40 Å². The molecule has 1 aromatic heterocycles. The first-order valence-corrected chi connectivity index (χ1v) is 10.6. The molecular formula is C18H22N4O3S. The van der Waals surface area contributed by atoms with Crippen molar-refractivity contribution in [3.05, 3.63) is 41.2 Å². The molecule has 5 rings (SSSR count). The van der Waals surface area contributed by atoms with Crippen LogP contribution in [0.5, 0.6) is 5.75 Å². The molecule has 3 aliphatic heterocycles. The van der Waals surface area contributed by atoms with Crippen LogP contribution >= 0.6 is 0 Å². The lowest BCUT2D eigenvalue weighted by atomic mass is 10.1. The van der Waals surface area contributed by atoms with Crippen LogP contribution in [0.25, 0.3) is 0 Å². The zero-order valence-corrected chi connectivity index (χ0v) is 15.3. The van der Waals surface area contributed by atoms with E-state index in [0.717, 1.165) is 37.9 Å². The van der Waals surface area contributed by atoms with Crippen LogP contribution in [0.4, 0.5) is 0 Å². The van der Waals surface area contributed by atoms with Crippen LogP contribution in [0, 0.1) is 0 Å². The minimum atomic E-state index is -3.52. The van der Waals surface area contributed by atoms with Gasteiger partial charge in [0.1, 0.15) is 10.6 Å². The van der Waals surface area contributed by atoms with Gasteiger partial charge >= 0.3 is 0 Å². The number of ether oxygens (including phenoxy) is 1. The quantitative estimate of drug-likeness (QED) is 0.880. The van der Waals surface area contributed by atoms with Crippen molar-refractivity contribution in [3.63, 3.8) is 0 Å². The van der Waals surface area contributed by atoms with Crippen molar-refractivity contribution >= 4 is 10.0 Å². The molecule has 1 aromatic carbocycles. The second kappa shape index (κ2) is 6.07. The van der Waals surface area contributed by atoms with E-state index in [1.807, 2.05) is 18.3 Å². The Balaban J connectivity index is 1.36. The van der Waals surface area contributed by atoms with Crippen molar-refractivity contribution in [1.29, 1.82) is 0 Å². The summed E-state index contributed by atoms with van der Waals surface area (Å²) in [6.07, 6.45) is 4.27. The number of piperidine rings is 1. The second-order valence-electron chi connectivity index (χ2n) is 7.14. The first-order chi connectivity index (χ1) is 12.6. The van der Waals surface area contributed by atoms with Gasteiger partial charge in [0.2, 0.25) is 10.0 Å². The molecule has 4 heterocycles. The van der Waals surface area contributed by atoms with Gasteiger partial charge in [-0.1, -0.05) is 12.1 Å². The number of hydrogen-bond donors (Lipinski definition) is 1. The standard InChI is InChI=1S/C18H22N4O3S/c23-26(24,17-3-1-2-13-6-9-25-18(13)17)21-7-4-15(5-8-21)22-16-12-19-10-14(16)11-20-22/h1-3,11,15,19H,4-10,12H2. The van der Waals surface area contributed by atoms with E-state index in [2.05, 4.69) is 15.1 Å². The normalized spacial score (nSPS) is 20.8. The summed E-state index contributed by atoms with van der Waals surface area (Å²) in [6.45, 7) is 3.31. The number of rotatable bonds is 3. The maximum atomic E-state index is 13.1. The predicted molar refractivity (Wildman–Crippen MR) is 95.4 cm³/mol. The van der Waals surface area contributed by atoms with Gasteiger partial charge in [-0.15, -0.1) is 0 Å². The highest BCUT2D eigenvalue weighted by atomic mass is 32.2. The smallest absolute Gasteiger partial charge is 0.246 e. The summed E-state index contributed by atoms with van der Waals surface area (Å²) in [5, 5.41) is 7.89. The summed E-state index contributed by atoms with van der Waals surface area (Å²) in [5.74, 6) is 0.547. The number of nitrogens with zero attached hydrogens (tertiary/aromatic N) is 3. The summed E-state index contributed by atoms with van der Waals surface area (Å²) in [7, 11) is -3.52. The Labute approximate surface area is 153 Å². The highest BCUT2D eigenvalue weighted by Gasteiger charge is 2.34. The van der Waals surface area contributed by atoms with Crippen molar-refractivity contribution in [2.45, 2.75) is 43.3 Å². The number of fused-ring (bicyclic) bond motifs is 2. The summed E-state index contributed by atoms with van der Waals surface area (Å²) < 4.78 is 35.6. The van der Waals surface area contributed by atoms with Crippen LogP contribution in [0.15, 0.2) is 29.3 Å². The van der Waals surface area contributed by atoms with E-state index < -0.39 is 10.0 Å². The van der Waals surface area contributed by atoms with Crippen LogP contribution in [0.3, 0.4) is 0 Å². The Morgan fingerprint density at radius 3 is 2.85 bits per heavy atom. The molecule has 0 unspecified atom stereocenters. The molecule has 0 spiro atoms. The minimum absolute atomic E-state index is 0.267. The molecule has 0 amide bonds. The lowest BCUT2D eigenvalue weighted by Gasteiger charge is -2.32. The van der Waals surface area contributed by atoms with Crippen LogP contribution < -0.4 is 10.1 Å². The monoisotopic (exact) mass is 374 g/mol.